The molecule has 0 heterocycles. The highest BCUT2D eigenvalue weighted by Gasteiger charge is 2.16. The molecule has 2 atom stereocenters. The molecule has 0 aromatic heterocycles. The summed E-state index contributed by atoms with van der Waals surface area (Å²) < 4.78 is 5.19. The minimum atomic E-state index is 0.502. The van der Waals surface area contributed by atoms with Crippen molar-refractivity contribution < 1.29 is 4.74 Å². The van der Waals surface area contributed by atoms with E-state index in [0.29, 0.717) is 11.8 Å². The van der Waals surface area contributed by atoms with E-state index in [9.17, 15) is 0 Å². The van der Waals surface area contributed by atoms with E-state index in [1.807, 2.05) is 0 Å². The second-order valence-corrected chi connectivity index (χ2v) is 4.62. The summed E-state index contributed by atoms with van der Waals surface area (Å²) in [5.41, 5.74) is 8.52. The van der Waals surface area contributed by atoms with Crippen molar-refractivity contribution in [2.75, 3.05) is 20.3 Å². The lowest BCUT2D eigenvalue weighted by molar-refractivity contribution is 0.131. The number of hydrogen-bond donors (Lipinski definition) is 1. The standard InChI is InChI=1S/C14H23NO/c1-11-5-4-6-13(7-11)8-14(9-15)12(2)10-16-3/h4-7,12,14H,8-10,15H2,1-3H3. The number of aryl methyl sites for hydroxylation is 1. The summed E-state index contributed by atoms with van der Waals surface area (Å²) in [6, 6.07) is 8.65. The van der Waals surface area contributed by atoms with Crippen LogP contribution in [0.1, 0.15) is 18.1 Å². The third-order valence-electron chi connectivity index (χ3n) is 3.12. The van der Waals surface area contributed by atoms with Crippen LogP contribution in [0.2, 0.25) is 0 Å². The van der Waals surface area contributed by atoms with Gasteiger partial charge in [-0.3, -0.25) is 0 Å². The molecule has 90 valence electrons. The average molecular weight is 221 g/mol. The third kappa shape index (κ3) is 3.95. The summed E-state index contributed by atoms with van der Waals surface area (Å²) in [5, 5.41) is 0. The molecule has 1 aromatic carbocycles. The Morgan fingerprint density at radius 1 is 1.38 bits per heavy atom. The second kappa shape index (κ2) is 6.66. The maximum absolute atomic E-state index is 5.83. The first kappa shape index (κ1) is 13.2. The first-order chi connectivity index (χ1) is 7.67. The molecule has 0 spiro atoms. The van der Waals surface area contributed by atoms with Crippen molar-refractivity contribution in [3.8, 4) is 0 Å². The van der Waals surface area contributed by atoms with Gasteiger partial charge in [-0.25, -0.2) is 0 Å². The lowest BCUT2D eigenvalue weighted by Crippen LogP contribution is -2.26. The van der Waals surface area contributed by atoms with Gasteiger partial charge in [0.2, 0.25) is 0 Å². The fourth-order valence-electron chi connectivity index (χ4n) is 2.06. The van der Waals surface area contributed by atoms with Crippen molar-refractivity contribution in [2.45, 2.75) is 20.3 Å². The van der Waals surface area contributed by atoms with Crippen LogP contribution in [0, 0.1) is 18.8 Å². The predicted octanol–water partition coefficient (Wildman–Crippen LogP) is 2.39. The van der Waals surface area contributed by atoms with Crippen LogP contribution < -0.4 is 5.73 Å². The second-order valence-electron chi connectivity index (χ2n) is 4.62. The normalized spacial score (nSPS) is 14.8. The average Bonchev–Trinajstić information content (AvgIpc) is 2.26. The van der Waals surface area contributed by atoms with Gasteiger partial charge < -0.3 is 10.5 Å². The molecule has 0 radical (unpaired) electrons. The smallest absolute Gasteiger partial charge is 0.0491 e. The molecule has 2 N–H and O–H groups in total. The molecule has 0 aliphatic heterocycles. The van der Waals surface area contributed by atoms with Gasteiger partial charge in [0.1, 0.15) is 0 Å². The van der Waals surface area contributed by atoms with Crippen LogP contribution in [0.5, 0.6) is 0 Å². The molecule has 1 rings (SSSR count). The lowest BCUT2D eigenvalue weighted by Gasteiger charge is -2.22. The number of ether oxygens (including phenoxy) is 1. The van der Waals surface area contributed by atoms with E-state index in [0.717, 1.165) is 19.6 Å². The lowest BCUT2D eigenvalue weighted by atomic mass is 9.88. The first-order valence-corrected chi connectivity index (χ1v) is 5.92. The maximum Gasteiger partial charge on any atom is 0.0491 e. The molecule has 0 bridgehead atoms. The Balaban J connectivity index is 2.62. The molecule has 0 saturated carbocycles. The topological polar surface area (TPSA) is 35.2 Å². The van der Waals surface area contributed by atoms with Crippen molar-refractivity contribution in [1.29, 1.82) is 0 Å². The van der Waals surface area contributed by atoms with Gasteiger partial charge in [0.25, 0.3) is 0 Å². The van der Waals surface area contributed by atoms with Crippen LogP contribution >= 0.6 is 0 Å². The SMILES string of the molecule is COCC(C)C(CN)Cc1cccc(C)c1. The molecule has 0 saturated heterocycles. The Morgan fingerprint density at radius 2 is 2.12 bits per heavy atom. The van der Waals surface area contributed by atoms with E-state index in [1.54, 1.807) is 7.11 Å². The molecule has 2 nitrogen and oxygen atoms in total. The maximum atomic E-state index is 5.83. The molecule has 2 heteroatoms. The highest BCUT2D eigenvalue weighted by atomic mass is 16.5. The van der Waals surface area contributed by atoms with E-state index in [2.05, 4.69) is 38.1 Å². The van der Waals surface area contributed by atoms with Crippen molar-refractivity contribution in [2.24, 2.45) is 17.6 Å². The van der Waals surface area contributed by atoms with E-state index in [4.69, 9.17) is 10.5 Å². The van der Waals surface area contributed by atoms with E-state index >= 15 is 0 Å². The van der Waals surface area contributed by atoms with Crippen LogP contribution in [-0.2, 0) is 11.2 Å². The summed E-state index contributed by atoms with van der Waals surface area (Å²) in [5.74, 6) is 1.01. The Hall–Kier alpha value is -0.860. The van der Waals surface area contributed by atoms with Gasteiger partial charge in [0, 0.05) is 13.7 Å². The summed E-state index contributed by atoms with van der Waals surface area (Å²) >= 11 is 0. The summed E-state index contributed by atoms with van der Waals surface area (Å²) in [7, 11) is 1.75. The minimum absolute atomic E-state index is 0.502. The Kier molecular flexibility index (Phi) is 5.50. The number of methoxy groups -OCH3 is 1. The van der Waals surface area contributed by atoms with Gasteiger partial charge in [-0.2, -0.15) is 0 Å². The summed E-state index contributed by atoms with van der Waals surface area (Å²) in [6.45, 7) is 5.84. The van der Waals surface area contributed by atoms with Crippen LogP contribution in [0.4, 0.5) is 0 Å². The third-order valence-corrected chi connectivity index (χ3v) is 3.12. The quantitative estimate of drug-likeness (QED) is 0.800. The van der Waals surface area contributed by atoms with Crippen LogP contribution in [0.3, 0.4) is 0 Å². The molecule has 1 aromatic rings. The fourth-order valence-corrected chi connectivity index (χ4v) is 2.06. The fraction of sp³-hybridized carbons (Fsp3) is 0.571. The van der Waals surface area contributed by atoms with Crippen molar-refractivity contribution in [1.82, 2.24) is 0 Å². The molecule has 16 heavy (non-hydrogen) atoms. The monoisotopic (exact) mass is 221 g/mol. The molecule has 0 aliphatic rings. The Labute approximate surface area is 98.8 Å². The molecule has 0 aliphatic carbocycles. The zero-order valence-electron chi connectivity index (χ0n) is 10.6. The molecular formula is C14H23NO. The molecule has 0 amide bonds. The van der Waals surface area contributed by atoms with Crippen LogP contribution in [0.25, 0.3) is 0 Å². The molecule has 0 fully saturated rings. The predicted molar refractivity (Wildman–Crippen MR) is 68.5 cm³/mol. The van der Waals surface area contributed by atoms with Crippen LogP contribution in [-0.4, -0.2) is 20.3 Å². The van der Waals surface area contributed by atoms with Gasteiger partial charge >= 0.3 is 0 Å². The first-order valence-electron chi connectivity index (χ1n) is 5.92. The number of hydrogen-bond acceptors (Lipinski definition) is 2. The molecule has 2 unspecified atom stereocenters. The van der Waals surface area contributed by atoms with E-state index < -0.39 is 0 Å². The van der Waals surface area contributed by atoms with Gasteiger partial charge in [0.15, 0.2) is 0 Å². The number of nitrogens with two attached hydrogens (primary N) is 1. The van der Waals surface area contributed by atoms with Crippen molar-refractivity contribution in [3.05, 3.63) is 35.4 Å². The summed E-state index contributed by atoms with van der Waals surface area (Å²) in [6.07, 6.45) is 1.04. The minimum Gasteiger partial charge on any atom is -0.384 e. The van der Waals surface area contributed by atoms with Crippen molar-refractivity contribution in [3.63, 3.8) is 0 Å². The largest absolute Gasteiger partial charge is 0.384 e. The highest BCUT2D eigenvalue weighted by molar-refractivity contribution is 5.22. The Morgan fingerprint density at radius 3 is 2.69 bits per heavy atom. The van der Waals surface area contributed by atoms with Gasteiger partial charge in [0.05, 0.1) is 0 Å². The zero-order chi connectivity index (χ0) is 12.0. The Bertz CT molecular complexity index is 311. The van der Waals surface area contributed by atoms with Crippen molar-refractivity contribution >= 4 is 0 Å². The highest BCUT2D eigenvalue weighted by Crippen LogP contribution is 2.17. The number of rotatable bonds is 6. The van der Waals surface area contributed by atoms with Gasteiger partial charge in [-0.1, -0.05) is 36.8 Å². The molecular weight excluding hydrogens is 198 g/mol. The van der Waals surface area contributed by atoms with Crippen LogP contribution in [0.15, 0.2) is 24.3 Å². The van der Waals surface area contributed by atoms with E-state index in [-0.39, 0.29) is 0 Å². The van der Waals surface area contributed by atoms with Gasteiger partial charge in [-0.15, -0.1) is 0 Å². The summed E-state index contributed by atoms with van der Waals surface area (Å²) in [4.78, 5) is 0. The number of benzene rings is 1. The van der Waals surface area contributed by atoms with E-state index in [1.165, 1.54) is 11.1 Å². The zero-order valence-corrected chi connectivity index (χ0v) is 10.6. The van der Waals surface area contributed by atoms with Gasteiger partial charge in [-0.05, 0) is 37.3 Å².